The molecular weight excluding hydrogens is 395 g/mol. The molecule has 0 aliphatic heterocycles. The number of amides is 1. The van der Waals surface area contributed by atoms with E-state index in [1.165, 1.54) is 35.6 Å². The topological polar surface area (TPSA) is 75.6 Å². The van der Waals surface area contributed by atoms with Gasteiger partial charge >= 0.3 is 12.3 Å². The van der Waals surface area contributed by atoms with Crippen molar-refractivity contribution in [2.24, 2.45) is 0 Å². The van der Waals surface area contributed by atoms with Gasteiger partial charge < -0.3 is 15.2 Å². The molecule has 0 spiro atoms. The second-order valence-electron chi connectivity index (χ2n) is 6.09. The van der Waals surface area contributed by atoms with Gasteiger partial charge in [0.15, 0.2) is 0 Å². The standard InChI is InChI=1S/C19H20F3NO4S/c20-19(21,22)27-15-8-6-13(7-9-15)14-11-16(28-12-14)18(26)23-10-4-2-1-3-5-17(24)25/h6-9,11-12H,1-5,10H2,(H,23,26)(H,24,25). The number of thiophene rings is 1. The Kier molecular flexibility index (Phi) is 7.86. The number of carbonyl (C=O) groups excluding carboxylic acids is 1. The van der Waals surface area contributed by atoms with Crippen LogP contribution in [0.4, 0.5) is 13.2 Å². The molecule has 1 amide bonds. The van der Waals surface area contributed by atoms with E-state index < -0.39 is 12.3 Å². The van der Waals surface area contributed by atoms with Crippen molar-refractivity contribution in [3.05, 3.63) is 40.6 Å². The highest BCUT2D eigenvalue weighted by Gasteiger charge is 2.30. The van der Waals surface area contributed by atoms with Crippen LogP contribution in [0.15, 0.2) is 35.7 Å². The number of unbranched alkanes of at least 4 members (excludes halogenated alkanes) is 3. The molecule has 1 heterocycles. The van der Waals surface area contributed by atoms with E-state index in [1.807, 2.05) is 0 Å². The molecule has 1 aromatic heterocycles. The minimum atomic E-state index is -4.73. The normalized spacial score (nSPS) is 11.2. The number of nitrogens with one attached hydrogen (secondary N) is 1. The first-order valence-electron chi connectivity index (χ1n) is 8.69. The molecule has 0 atom stereocenters. The zero-order valence-electron chi connectivity index (χ0n) is 14.9. The SMILES string of the molecule is O=C(O)CCCCCCNC(=O)c1cc(-c2ccc(OC(F)(F)F)cc2)cs1. The summed E-state index contributed by atoms with van der Waals surface area (Å²) < 4.78 is 40.4. The van der Waals surface area contributed by atoms with Crippen molar-refractivity contribution in [1.29, 1.82) is 0 Å². The maximum Gasteiger partial charge on any atom is 0.573 e. The van der Waals surface area contributed by atoms with Gasteiger partial charge in [-0.1, -0.05) is 25.0 Å². The largest absolute Gasteiger partial charge is 0.573 e. The number of hydrogen-bond acceptors (Lipinski definition) is 4. The van der Waals surface area contributed by atoms with Gasteiger partial charge in [0.05, 0.1) is 4.88 Å². The van der Waals surface area contributed by atoms with Crippen LogP contribution in [0.3, 0.4) is 0 Å². The average Bonchev–Trinajstić information content (AvgIpc) is 3.10. The van der Waals surface area contributed by atoms with Crippen molar-refractivity contribution >= 4 is 23.2 Å². The Morgan fingerprint density at radius 2 is 1.71 bits per heavy atom. The van der Waals surface area contributed by atoms with Crippen LogP contribution in [-0.2, 0) is 4.79 Å². The molecular formula is C19H20F3NO4S. The number of benzene rings is 1. The smallest absolute Gasteiger partial charge is 0.481 e. The highest BCUT2D eigenvalue weighted by Crippen LogP contribution is 2.29. The number of carboxylic acid groups (broad SMARTS) is 1. The van der Waals surface area contributed by atoms with Gasteiger partial charge in [-0.2, -0.15) is 0 Å². The highest BCUT2D eigenvalue weighted by atomic mass is 32.1. The monoisotopic (exact) mass is 415 g/mol. The lowest BCUT2D eigenvalue weighted by molar-refractivity contribution is -0.274. The van der Waals surface area contributed by atoms with Crippen molar-refractivity contribution < 1.29 is 32.6 Å². The van der Waals surface area contributed by atoms with Crippen LogP contribution in [0.25, 0.3) is 11.1 Å². The summed E-state index contributed by atoms with van der Waals surface area (Å²) in [5, 5.41) is 13.1. The highest BCUT2D eigenvalue weighted by molar-refractivity contribution is 7.12. The minimum Gasteiger partial charge on any atom is -0.481 e. The average molecular weight is 415 g/mol. The minimum absolute atomic E-state index is 0.160. The molecule has 0 saturated carbocycles. The van der Waals surface area contributed by atoms with Crippen LogP contribution < -0.4 is 10.1 Å². The van der Waals surface area contributed by atoms with E-state index in [9.17, 15) is 22.8 Å². The number of aliphatic carboxylic acids is 1. The number of ether oxygens (including phenoxy) is 1. The van der Waals surface area contributed by atoms with E-state index in [0.717, 1.165) is 24.8 Å². The summed E-state index contributed by atoms with van der Waals surface area (Å²) >= 11 is 1.25. The fourth-order valence-corrected chi connectivity index (χ4v) is 3.33. The first-order valence-corrected chi connectivity index (χ1v) is 9.57. The Bertz CT molecular complexity index is 787. The number of carboxylic acids is 1. The molecule has 5 nitrogen and oxygen atoms in total. The number of halogens is 3. The van der Waals surface area contributed by atoms with E-state index in [4.69, 9.17) is 5.11 Å². The van der Waals surface area contributed by atoms with Crippen molar-refractivity contribution in [2.45, 2.75) is 38.5 Å². The predicted octanol–water partition coefficient (Wildman–Crippen LogP) is 5.08. The molecule has 0 aliphatic rings. The summed E-state index contributed by atoms with van der Waals surface area (Å²) in [6, 6.07) is 7.14. The third-order valence-electron chi connectivity index (χ3n) is 3.85. The fraction of sp³-hybridized carbons (Fsp3) is 0.368. The molecule has 2 rings (SSSR count). The first kappa shape index (κ1) is 21.7. The molecule has 28 heavy (non-hydrogen) atoms. The molecule has 0 unspecified atom stereocenters. The summed E-state index contributed by atoms with van der Waals surface area (Å²) in [4.78, 5) is 23.1. The Morgan fingerprint density at radius 1 is 1.04 bits per heavy atom. The van der Waals surface area contributed by atoms with Crippen LogP contribution in [0, 0.1) is 0 Å². The number of hydrogen-bond donors (Lipinski definition) is 2. The molecule has 9 heteroatoms. The van der Waals surface area contributed by atoms with E-state index in [0.29, 0.717) is 23.4 Å². The molecule has 0 fully saturated rings. The van der Waals surface area contributed by atoms with Crippen molar-refractivity contribution in [3.8, 4) is 16.9 Å². The zero-order valence-corrected chi connectivity index (χ0v) is 15.7. The third-order valence-corrected chi connectivity index (χ3v) is 4.78. The second kappa shape index (κ2) is 10.1. The predicted molar refractivity (Wildman–Crippen MR) is 99.5 cm³/mol. The van der Waals surface area contributed by atoms with Crippen LogP contribution in [-0.4, -0.2) is 29.9 Å². The molecule has 0 aliphatic carbocycles. The first-order chi connectivity index (χ1) is 13.2. The van der Waals surface area contributed by atoms with Crippen LogP contribution in [0.1, 0.15) is 41.8 Å². The van der Waals surface area contributed by atoms with Gasteiger partial charge in [0, 0.05) is 13.0 Å². The summed E-state index contributed by atoms with van der Waals surface area (Å²) in [5.41, 5.74) is 1.42. The summed E-state index contributed by atoms with van der Waals surface area (Å²) in [6.45, 7) is 0.503. The lowest BCUT2D eigenvalue weighted by Gasteiger charge is -2.08. The van der Waals surface area contributed by atoms with Crippen molar-refractivity contribution in [1.82, 2.24) is 5.32 Å². The lowest BCUT2D eigenvalue weighted by atomic mass is 10.1. The summed E-state index contributed by atoms with van der Waals surface area (Å²) in [7, 11) is 0. The molecule has 0 saturated heterocycles. The number of carbonyl (C=O) groups is 2. The van der Waals surface area contributed by atoms with E-state index in [-0.39, 0.29) is 18.1 Å². The van der Waals surface area contributed by atoms with E-state index in [1.54, 1.807) is 11.4 Å². The molecule has 1 aromatic carbocycles. The maximum atomic E-state index is 12.2. The molecule has 0 radical (unpaired) electrons. The molecule has 2 N–H and O–H groups in total. The van der Waals surface area contributed by atoms with Crippen molar-refractivity contribution in [3.63, 3.8) is 0 Å². The molecule has 152 valence electrons. The number of rotatable bonds is 10. The van der Waals surface area contributed by atoms with Crippen molar-refractivity contribution in [2.75, 3.05) is 6.54 Å². The quantitative estimate of drug-likeness (QED) is 0.531. The van der Waals surface area contributed by atoms with Crippen LogP contribution in [0.2, 0.25) is 0 Å². The third kappa shape index (κ3) is 7.59. The summed E-state index contributed by atoms with van der Waals surface area (Å²) in [6.07, 6.45) is -1.53. The fourth-order valence-electron chi connectivity index (χ4n) is 2.50. The van der Waals surface area contributed by atoms with Gasteiger partial charge in [-0.05, 0) is 47.5 Å². The van der Waals surface area contributed by atoms with Gasteiger partial charge in [-0.15, -0.1) is 24.5 Å². The Labute approximate surface area is 164 Å². The lowest BCUT2D eigenvalue weighted by Crippen LogP contribution is -2.23. The summed E-state index contributed by atoms with van der Waals surface area (Å²) in [5.74, 6) is -1.31. The Hall–Kier alpha value is -2.55. The van der Waals surface area contributed by atoms with Crippen LogP contribution in [0.5, 0.6) is 5.75 Å². The molecule has 0 bridgehead atoms. The molecule has 2 aromatic rings. The van der Waals surface area contributed by atoms with E-state index in [2.05, 4.69) is 10.1 Å². The van der Waals surface area contributed by atoms with E-state index >= 15 is 0 Å². The zero-order chi connectivity index (χ0) is 20.6. The van der Waals surface area contributed by atoms with Gasteiger partial charge in [-0.3, -0.25) is 9.59 Å². The van der Waals surface area contributed by atoms with Crippen LogP contribution >= 0.6 is 11.3 Å². The maximum absolute atomic E-state index is 12.2. The van der Waals surface area contributed by atoms with Gasteiger partial charge in [0.2, 0.25) is 0 Å². The van der Waals surface area contributed by atoms with Gasteiger partial charge in [-0.25, -0.2) is 0 Å². The Morgan fingerprint density at radius 3 is 2.36 bits per heavy atom. The number of alkyl halides is 3. The second-order valence-corrected chi connectivity index (χ2v) is 7.00. The van der Waals surface area contributed by atoms with Gasteiger partial charge in [0.25, 0.3) is 5.91 Å². The van der Waals surface area contributed by atoms with Gasteiger partial charge in [0.1, 0.15) is 5.75 Å². The Balaban J connectivity index is 1.79.